The highest BCUT2D eigenvalue weighted by Gasteiger charge is 2.23. The van der Waals surface area contributed by atoms with Gasteiger partial charge < -0.3 is 4.74 Å². The summed E-state index contributed by atoms with van der Waals surface area (Å²) < 4.78 is 29.8. The molecular weight excluding hydrogens is 353 g/mol. The Kier molecular flexibility index (Phi) is 10.9. The van der Waals surface area contributed by atoms with Gasteiger partial charge in [-0.3, -0.25) is 0 Å². The predicted octanol–water partition coefficient (Wildman–Crippen LogP) is 6.54. The van der Waals surface area contributed by atoms with Crippen molar-refractivity contribution in [2.24, 2.45) is 0 Å². The van der Waals surface area contributed by atoms with Crippen molar-refractivity contribution in [3.05, 3.63) is 70.8 Å². The Morgan fingerprint density at radius 3 is 1.96 bits per heavy atom. The van der Waals surface area contributed by atoms with Crippen LogP contribution in [-0.2, 0) is 10.4 Å². The standard InChI is InChI=1S/C11H14O2.C8H9F2P.C2H6/c1-8(2)9-4-6-10(7-5-9)11(12)13-3;1-6-3-2-4-7(5-6)8(9,10)11;1-2/h4-8H,1-3H3;2-5H,11H2,1H3;1-2H3. The Labute approximate surface area is 158 Å². The van der Waals surface area contributed by atoms with E-state index < -0.39 is 5.66 Å². The van der Waals surface area contributed by atoms with Crippen LogP contribution in [0.2, 0.25) is 0 Å². The number of ether oxygens (including phenoxy) is 1. The summed E-state index contributed by atoms with van der Waals surface area (Å²) in [7, 11) is 2.91. The molecule has 0 radical (unpaired) electrons. The zero-order valence-electron chi connectivity index (χ0n) is 16.3. The Bertz CT molecular complexity index is 662. The Hall–Kier alpha value is -1.80. The maximum atomic E-state index is 12.6. The molecule has 2 aromatic carbocycles. The molecule has 26 heavy (non-hydrogen) atoms. The van der Waals surface area contributed by atoms with Gasteiger partial charge in [0.2, 0.25) is 0 Å². The second-order valence-electron chi connectivity index (χ2n) is 5.76. The second-order valence-corrected chi connectivity index (χ2v) is 6.49. The van der Waals surface area contributed by atoms with Crippen molar-refractivity contribution >= 4 is 15.2 Å². The average Bonchev–Trinajstić information content (AvgIpc) is 2.62. The Balaban J connectivity index is 0.000000444. The lowest BCUT2D eigenvalue weighted by atomic mass is 10.0. The zero-order valence-corrected chi connectivity index (χ0v) is 17.5. The third kappa shape index (κ3) is 8.53. The highest BCUT2D eigenvalue weighted by Crippen LogP contribution is 2.34. The first-order valence-electron chi connectivity index (χ1n) is 8.57. The van der Waals surface area contributed by atoms with Gasteiger partial charge in [0.1, 0.15) is 0 Å². The fourth-order valence-corrected chi connectivity index (χ4v) is 2.15. The van der Waals surface area contributed by atoms with Crippen LogP contribution in [0.3, 0.4) is 0 Å². The molecule has 0 heterocycles. The van der Waals surface area contributed by atoms with E-state index in [1.54, 1.807) is 31.2 Å². The van der Waals surface area contributed by atoms with E-state index in [-0.39, 0.29) is 11.5 Å². The second kappa shape index (κ2) is 11.7. The first kappa shape index (κ1) is 24.2. The fourth-order valence-electron chi connectivity index (χ4n) is 1.97. The third-order valence-corrected chi connectivity index (χ3v) is 3.73. The van der Waals surface area contributed by atoms with Crippen LogP contribution in [0.25, 0.3) is 0 Å². The van der Waals surface area contributed by atoms with Gasteiger partial charge >= 0.3 is 5.97 Å². The maximum Gasteiger partial charge on any atom is 0.337 e. The van der Waals surface area contributed by atoms with Gasteiger partial charge in [0.25, 0.3) is 5.66 Å². The highest BCUT2D eigenvalue weighted by molar-refractivity contribution is 7.17. The van der Waals surface area contributed by atoms with Crippen molar-refractivity contribution in [2.75, 3.05) is 7.11 Å². The number of methoxy groups -OCH3 is 1. The largest absolute Gasteiger partial charge is 0.465 e. The molecule has 0 N–H and O–H groups in total. The summed E-state index contributed by atoms with van der Waals surface area (Å²) >= 11 is 0. The normalized spacial score (nSPS) is 10.2. The summed E-state index contributed by atoms with van der Waals surface area (Å²) in [6.07, 6.45) is 0. The van der Waals surface area contributed by atoms with E-state index in [1.165, 1.54) is 34.0 Å². The number of hydrogen-bond donors (Lipinski definition) is 0. The first-order chi connectivity index (χ1) is 12.1. The molecular formula is C21H29F2O2P. The quantitative estimate of drug-likeness (QED) is 0.445. The molecule has 0 bridgehead atoms. The zero-order chi connectivity index (χ0) is 20.3. The lowest BCUT2D eigenvalue weighted by Crippen LogP contribution is -2.01. The molecule has 0 aliphatic rings. The molecule has 0 aliphatic carbocycles. The van der Waals surface area contributed by atoms with E-state index in [0.29, 0.717) is 11.5 Å². The van der Waals surface area contributed by atoms with Crippen molar-refractivity contribution in [1.82, 2.24) is 0 Å². The van der Waals surface area contributed by atoms with Crippen LogP contribution < -0.4 is 0 Å². The summed E-state index contributed by atoms with van der Waals surface area (Å²) in [6.45, 7) is 10.0. The summed E-state index contributed by atoms with van der Waals surface area (Å²) in [4.78, 5) is 11.1. The molecule has 0 spiro atoms. The molecule has 0 aliphatic heterocycles. The van der Waals surface area contributed by atoms with Gasteiger partial charge in [-0.25, -0.2) is 4.79 Å². The number of esters is 1. The minimum Gasteiger partial charge on any atom is -0.465 e. The predicted molar refractivity (Wildman–Crippen MR) is 108 cm³/mol. The number of halogens is 2. The number of aryl methyl sites for hydroxylation is 1. The van der Waals surface area contributed by atoms with Gasteiger partial charge in [-0.1, -0.05) is 72.8 Å². The Morgan fingerprint density at radius 1 is 1.08 bits per heavy atom. The number of benzene rings is 2. The van der Waals surface area contributed by atoms with Crippen LogP contribution >= 0.6 is 9.24 Å². The van der Waals surface area contributed by atoms with Crippen LogP contribution in [0.1, 0.15) is 60.7 Å². The minimum absolute atomic E-state index is 0.0440. The van der Waals surface area contributed by atoms with E-state index in [2.05, 4.69) is 18.6 Å². The molecule has 5 heteroatoms. The van der Waals surface area contributed by atoms with E-state index in [4.69, 9.17) is 0 Å². The van der Waals surface area contributed by atoms with Crippen LogP contribution in [0, 0.1) is 6.92 Å². The fraction of sp³-hybridized carbons (Fsp3) is 0.381. The van der Waals surface area contributed by atoms with Crippen molar-refractivity contribution in [2.45, 2.75) is 46.2 Å². The van der Waals surface area contributed by atoms with Gasteiger partial charge in [0.05, 0.1) is 12.7 Å². The van der Waals surface area contributed by atoms with E-state index in [0.717, 1.165) is 5.56 Å². The van der Waals surface area contributed by atoms with E-state index in [1.807, 2.05) is 26.0 Å². The molecule has 0 saturated carbocycles. The summed E-state index contributed by atoms with van der Waals surface area (Å²) in [5, 5.41) is 0. The SMILES string of the molecule is CC.COC(=O)c1ccc(C(C)C)cc1.Cc1cccc(C(F)(F)P)c1. The minimum atomic E-state index is -2.80. The Morgan fingerprint density at radius 2 is 1.62 bits per heavy atom. The number of rotatable bonds is 3. The molecule has 144 valence electrons. The maximum absolute atomic E-state index is 12.6. The number of alkyl halides is 2. The van der Waals surface area contributed by atoms with Gasteiger partial charge in [-0.05, 0) is 36.6 Å². The third-order valence-electron chi connectivity index (χ3n) is 3.40. The van der Waals surface area contributed by atoms with Crippen molar-refractivity contribution in [1.29, 1.82) is 0 Å². The summed E-state index contributed by atoms with van der Waals surface area (Å²) in [6, 6.07) is 13.8. The van der Waals surface area contributed by atoms with Crippen molar-refractivity contribution in [3.8, 4) is 0 Å². The summed E-state index contributed by atoms with van der Waals surface area (Å²) in [5.41, 5.74) is -0.0712. The molecule has 0 aromatic heterocycles. The molecule has 0 saturated heterocycles. The summed E-state index contributed by atoms with van der Waals surface area (Å²) in [5.74, 6) is 0.210. The lowest BCUT2D eigenvalue weighted by molar-refractivity contribution is 0.0600. The van der Waals surface area contributed by atoms with Gasteiger partial charge in [0, 0.05) is 5.56 Å². The molecule has 2 aromatic rings. The lowest BCUT2D eigenvalue weighted by Gasteiger charge is -2.09. The number of hydrogen-bond acceptors (Lipinski definition) is 2. The molecule has 1 unspecified atom stereocenters. The van der Waals surface area contributed by atoms with Crippen LogP contribution in [-0.4, -0.2) is 13.1 Å². The smallest absolute Gasteiger partial charge is 0.337 e. The van der Waals surface area contributed by atoms with Gasteiger partial charge in [0.15, 0.2) is 0 Å². The molecule has 0 amide bonds. The number of carbonyl (C=O) groups is 1. The highest BCUT2D eigenvalue weighted by atomic mass is 31.0. The van der Waals surface area contributed by atoms with E-state index >= 15 is 0 Å². The molecule has 0 fully saturated rings. The molecule has 1 atom stereocenters. The van der Waals surface area contributed by atoms with Crippen molar-refractivity contribution < 1.29 is 18.3 Å². The number of carbonyl (C=O) groups excluding carboxylic acids is 1. The van der Waals surface area contributed by atoms with Gasteiger partial charge in [-0.15, -0.1) is 0 Å². The van der Waals surface area contributed by atoms with E-state index in [9.17, 15) is 13.6 Å². The van der Waals surface area contributed by atoms with Crippen molar-refractivity contribution in [3.63, 3.8) is 0 Å². The van der Waals surface area contributed by atoms with Crippen LogP contribution in [0.5, 0.6) is 0 Å². The topological polar surface area (TPSA) is 26.3 Å². The first-order valence-corrected chi connectivity index (χ1v) is 9.15. The molecule has 2 nitrogen and oxygen atoms in total. The average molecular weight is 382 g/mol. The van der Waals surface area contributed by atoms with Crippen LogP contribution in [0.15, 0.2) is 48.5 Å². The van der Waals surface area contributed by atoms with Crippen LogP contribution in [0.4, 0.5) is 8.78 Å². The molecule has 2 rings (SSSR count). The monoisotopic (exact) mass is 382 g/mol. The van der Waals surface area contributed by atoms with Gasteiger partial charge in [-0.2, -0.15) is 8.78 Å².